The summed E-state index contributed by atoms with van der Waals surface area (Å²) in [6.07, 6.45) is 4.86. The number of hydrogen-bond donors (Lipinski definition) is 1. The maximum absolute atomic E-state index is 10.7. The van der Waals surface area contributed by atoms with E-state index in [1.807, 2.05) is 0 Å². The van der Waals surface area contributed by atoms with E-state index in [0.29, 0.717) is 5.16 Å². The summed E-state index contributed by atoms with van der Waals surface area (Å²) in [5.41, 5.74) is 0.0144. The van der Waals surface area contributed by atoms with Gasteiger partial charge in [-0.2, -0.15) is 0 Å². The molecule has 2 aromatic rings. The van der Waals surface area contributed by atoms with Crippen molar-refractivity contribution in [3.63, 3.8) is 0 Å². The number of aromatic carboxylic acids is 1. The topological polar surface area (TPSA) is 76.0 Å². The van der Waals surface area contributed by atoms with Crippen LogP contribution in [0.2, 0.25) is 0 Å². The van der Waals surface area contributed by atoms with E-state index in [1.165, 1.54) is 24.0 Å². The van der Waals surface area contributed by atoms with Gasteiger partial charge in [0.05, 0.1) is 0 Å². The van der Waals surface area contributed by atoms with Crippen LogP contribution >= 0.6 is 34.4 Å². The zero-order chi connectivity index (χ0) is 12.3. The predicted octanol–water partition coefficient (Wildman–Crippen LogP) is 2.33. The Morgan fingerprint density at radius 3 is 2.65 bits per heavy atom. The van der Waals surface area contributed by atoms with Crippen molar-refractivity contribution in [1.29, 1.82) is 0 Å². The molecule has 0 saturated carbocycles. The van der Waals surface area contributed by atoms with Crippen LogP contribution in [-0.4, -0.2) is 26.0 Å². The molecule has 0 radical (unpaired) electrons. The standard InChI is InChI=1S/C10H6IN3O2S/c11-6-4-13-10(14-5-6)17-7-1-2-12-8(3-7)9(15)16/h1-5H,(H,15,16). The molecule has 17 heavy (non-hydrogen) atoms. The Labute approximate surface area is 115 Å². The van der Waals surface area contributed by atoms with Gasteiger partial charge in [0.25, 0.3) is 0 Å². The fourth-order valence-electron chi connectivity index (χ4n) is 1.05. The van der Waals surface area contributed by atoms with Crippen LogP contribution in [0.3, 0.4) is 0 Å². The highest BCUT2D eigenvalue weighted by atomic mass is 127. The average Bonchev–Trinajstić information content (AvgIpc) is 2.32. The zero-order valence-electron chi connectivity index (χ0n) is 8.37. The second-order valence-corrected chi connectivity index (χ2v) is 5.25. The van der Waals surface area contributed by atoms with Gasteiger partial charge in [0.15, 0.2) is 5.16 Å². The molecule has 0 spiro atoms. The fourth-order valence-corrected chi connectivity index (χ4v) is 2.05. The van der Waals surface area contributed by atoms with Gasteiger partial charge in [-0.15, -0.1) is 0 Å². The van der Waals surface area contributed by atoms with Gasteiger partial charge in [0.1, 0.15) is 5.69 Å². The van der Waals surface area contributed by atoms with Crippen LogP contribution in [0.25, 0.3) is 0 Å². The molecule has 0 fully saturated rings. The molecule has 5 nitrogen and oxygen atoms in total. The quantitative estimate of drug-likeness (QED) is 0.670. The highest BCUT2D eigenvalue weighted by molar-refractivity contribution is 14.1. The Morgan fingerprint density at radius 2 is 2.00 bits per heavy atom. The SMILES string of the molecule is O=C(O)c1cc(Sc2ncc(I)cn2)ccn1. The van der Waals surface area contributed by atoms with Crippen molar-refractivity contribution < 1.29 is 9.90 Å². The van der Waals surface area contributed by atoms with Crippen LogP contribution in [0.15, 0.2) is 40.8 Å². The van der Waals surface area contributed by atoms with Crippen molar-refractivity contribution in [2.75, 3.05) is 0 Å². The smallest absolute Gasteiger partial charge is 0.354 e. The van der Waals surface area contributed by atoms with E-state index >= 15 is 0 Å². The number of carboxylic acid groups (broad SMARTS) is 1. The second kappa shape index (κ2) is 5.41. The third-order valence-corrected chi connectivity index (χ3v) is 3.20. The van der Waals surface area contributed by atoms with Crippen molar-refractivity contribution in [2.45, 2.75) is 10.1 Å². The van der Waals surface area contributed by atoms with Crippen LogP contribution in [0, 0.1) is 3.57 Å². The van der Waals surface area contributed by atoms with Gasteiger partial charge in [-0.1, -0.05) is 0 Å². The fraction of sp³-hybridized carbons (Fsp3) is 0. The van der Waals surface area contributed by atoms with E-state index in [2.05, 4.69) is 37.5 Å². The largest absolute Gasteiger partial charge is 0.477 e. The van der Waals surface area contributed by atoms with Crippen LogP contribution in [0.5, 0.6) is 0 Å². The minimum Gasteiger partial charge on any atom is -0.477 e. The molecule has 0 aliphatic carbocycles. The van der Waals surface area contributed by atoms with E-state index in [-0.39, 0.29) is 5.69 Å². The molecular formula is C10H6IN3O2S. The molecular weight excluding hydrogens is 353 g/mol. The maximum atomic E-state index is 10.7. The molecule has 0 unspecified atom stereocenters. The first kappa shape index (κ1) is 12.2. The molecule has 2 rings (SSSR count). The number of carbonyl (C=O) groups is 1. The third-order valence-electron chi connectivity index (χ3n) is 1.76. The third kappa shape index (κ3) is 3.37. The van der Waals surface area contributed by atoms with Gasteiger partial charge in [0, 0.05) is 27.1 Å². The molecule has 86 valence electrons. The summed E-state index contributed by atoms with van der Waals surface area (Å²) in [5, 5.41) is 9.38. The van der Waals surface area contributed by atoms with Crippen molar-refractivity contribution >= 4 is 40.3 Å². The van der Waals surface area contributed by atoms with Crippen LogP contribution in [-0.2, 0) is 0 Å². The highest BCUT2D eigenvalue weighted by Crippen LogP contribution is 2.24. The lowest BCUT2D eigenvalue weighted by molar-refractivity contribution is 0.0690. The van der Waals surface area contributed by atoms with Gasteiger partial charge in [-0.3, -0.25) is 0 Å². The Bertz CT molecular complexity index is 548. The minimum absolute atomic E-state index is 0.0144. The zero-order valence-corrected chi connectivity index (χ0v) is 11.3. The van der Waals surface area contributed by atoms with Crippen molar-refractivity contribution in [2.24, 2.45) is 0 Å². The molecule has 0 amide bonds. The number of pyridine rings is 1. The van der Waals surface area contributed by atoms with E-state index < -0.39 is 5.97 Å². The summed E-state index contributed by atoms with van der Waals surface area (Å²) in [6, 6.07) is 3.22. The normalized spacial score (nSPS) is 10.2. The second-order valence-electron chi connectivity index (χ2n) is 2.97. The maximum Gasteiger partial charge on any atom is 0.354 e. The molecule has 2 aromatic heterocycles. The first-order valence-electron chi connectivity index (χ1n) is 4.50. The summed E-state index contributed by atoms with van der Waals surface area (Å²) in [6.45, 7) is 0. The summed E-state index contributed by atoms with van der Waals surface area (Å²) >= 11 is 3.42. The van der Waals surface area contributed by atoms with Gasteiger partial charge < -0.3 is 5.11 Å². The number of hydrogen-bond acceptors (Lipinski definition) is 5. The Kier molecular flexibility index (Phi) is 3.89. The van der Waals surface area contributed by atoms with Crippen molar-refractivity contribution in [1.82, 2.24) is 15.0 Å². The number of carboxylic acids is 1. The summed E-state index contributed by atoms with van der Waals surface area (Å²) in [4.78, 5) is 23.5. The first-order chi connectivity index (χ1) is 8.15. The number of aromatic nitrogens is 3. The van der Waals surface area contributed by atoms with Gasteiger partial charge >= 0.3 is 5.97 Å². The Hall–Kier alpha value is -1.22. The van der Waals surface area contributed by atoms with Gasteiger partial charge in [-0.25, -0.2) is 19.7 Å². The highest BCUT2D eigenvalue weighted by Gasteiger charge is 2.07. The Morgan fingerprint density at radius 1 is 1.29 bits per heavy atom. The summed E-state index contributed by atoms with van der Waals surface area (Å²) in [5.74, 6) is -1.05. The lowest BCUT2D eigenvalue weighted by Crippen LogP contribution is -1.99. The summed E-state index contributed by atoms with van der Waals surface area (Å²) in [7, 11) is 0. The monoisotopic (exact) mass is 359 g/mol. The van der Waals surface area contributed by atoms with E-state index in [9.17, 15) is 4.79 Å². The minimum atomic E-state index is -1.05. The number of rotatable bonds is 3. The molecule has 0 aromatic carbocycles. The molecule has 0 saturated heterocycles. The van der Waals surface area contributed by atoms with E-state index in [4.69, 9.17) is 5.11 Å². The molecule has 2 heterocycles. The van der Waals surface area contributed by atoms with Crippen LogP contribution in [0.4, 0.5) is 0 Å². The molecule has 0 aliphatic heterocycles. The molecule has 0 bridgehead atoms. The summed E-state index contributed by atoms with van der Waals surface area (Å²) < 4.78 is 0.952. The molecule has 7 heteroatoms. The lowest BCUT2D eigenvalue weighted by Gasteiger charge is -2.00. The first-order valence-corrected chi connectivity index (χ1v) is 6.39. The van der Waals surface area contributed by atoms with Gasteiger partial charge in [0.2, 0.25) is 0 Å². The van der Waals surface area contributed by atoms with Crippen LogP contribution in [0.1, 0.15) is 10.5 Å². The molecule has 0 aliphatic rings. The van der Waals surface area contributed by atoms with Crippen molar-refractivity contribution in [3.8, 4) is 0 Å². The van der Waals surface area contributed by atoms with E-state index in [1.54, 1.807) is 18.5 Å². The van der Waals surface area contributed by atoms with Gasteiger partial charge in [-0.05, 0) is 46.5 Å². The number of halogens is 1. The van der Waals surface area contributed by atoms with E-state index in [0.717, 1.165) is 8.47 Å². The Balaban J connectivity index is 2.21. The van der Waals surface area contributed by atoms with Crippen molar-refractivity contribution in [3.05, 3.63) is 40.0 Å². The van der Waals surface area contributed by atoms with Crippen LogP contribution < -0.4 is 0 Å². The molecule has 1 N–H and O–H groups in total. The average molecular weight is 359 g/mol. The lowest BCUT2D eigenvalue weighted by atomic mass is 10.4. The predicted molar refractivity (Wildman–Crippen MR) is 70.1 cm³/mol. The molecule has 0 atom stereocenters. The number of nitrogens with zero attached hydrogens (tertiary/aromatic N) is 3.